The SMILES string of the molecule is OC1COC(CN2C=CC(=C3c4ccccc4Sc4ccc(Cl)cc43)CC2)OC1. The minimum atomic E-state index is -0.518. The van der Waals surface area contributed by atoms with E-state index in [2.05, 4.69) is 53.6 Å². The summed E-state index contributed by atoms with van der Waals surface area (Å²) in [5, 5.41) is 10.3. The zero-order chi connectivity index (χ0) is 19.8. The second kappa shape index (κ2) is 8.17. The summed E-state index contributed by atoms with van der Waals surface area (Å²) < 4.78 is 11.1. The molecule has 2 aromatic rings. The molecule has 3 aliphatic heterocycles. The van der Waals surface area contributed by atoms with Crippen LogP contribution in [0.3, 0.4) is 0 Å². The van der Waals surface area contributed by atoms with E-state index in [0.717, 1.165) is 18.0 Å². The van der Waals surface area contributed by atoms with Gasteiger partial charge in [0.05, 0.1) is 19.8 Å². The molecule has 0 amide bonds. The number of benzene rings is 2. The number of rotatable bonds is 2. The molecule has 0 aromatic heterocycles. The number of aliphatic hydroxyl groups excluding tert-OH is 1. The van der Waals surface area contributed by atoms with E-state index in [9.17, 15) is 5.11 Å². The number of halogens is 1. The third kappa shape index (κ3) is 3.98. The molecule has 0 bridgehead atoms. The molecule has 5 rings (SSSR count). The van der Waals surface area contributed by atoms with Crippen molar-refractivity contribution in [1.82, 2.24) is 4.90 Å². The summed E-state index contributed by atoms with van der Waals surface area (Å²) in [4.78, 5) is 4.74. The fourth-order valence-electron chi connectivity index (χ4n) is 3.97. The molecule has 3 heterocycles. The quantitative estimate of drug-likeness (QED) is 0.649. The van der Waals surface area contributed by atoms with Crippen molar-refractivity contribution in [2.75, 3.05) is 26.3 Å². The molecule has 0 radical (unpaired) electrons. The molecule has 29 heavy (non-hydrogen) atoms. The lowest BCUT2D eigenvalue weighted by Crippen LogP contribution is -2.42. The Labute approximate surface area is 179 Å². The highest BCUT2D eigenvalue weighted by Gasteiger charge is 2.26. The van der Waals surface area contributed by atoms with E-state index in [4.69, 9.17) is 21.1 Å². The van der Waals surface area contributed by atoms with Crippen molar-refractivity contribution < 1.29 is 14.6 Å². The molecule has 0 atom stereocenters. The van der Waals surface area contributed by atoms with Gasteiger partial charge in [-0.05, 0) is 65.2 Å². The Hall–Kier alpha value is -1.76. The van der Waals surface area contributed by atoms with Crippen LogP contribution in [0.25, 0.3) is 5.57 Å². The molecular weight excluding hydrogens is 406 g/mol. The van der Waals surface area contributed by atoms with Gasteiger partial charge in [-0.15, -0.1) is 0 Å². The fraction of sp³-hybridized carbons (Fsp3) is 0.304. The first-order chi connectivity index (χ1) is 14.2. The average molecular weight is 428 g/mol. The Morgan fingerprint density at radius 2 is 1.86 bits per heavy atom. The van der Waals surface area contributed by atoms with Gasteiger partial charge in [-0.1, -0.05) is 41.6 Å². The summed E-state index contributed by atoms with van der Waals surface area (Å²) in [5.41, 5.74) is 5.08. The smallest absolute Gasteiger partial charge is 0.175 e. The highest BCUT2D eigenvalue weighted by atomic mass is 35.5. The second-order valence-electron chi connectivity index (χ2n) is 7.45. The van der Waals surface area contributed by atoms with Gasteiger partial charge in [0.15, 0.2) is 6.29 Å². The molecule has 0 aliphatic carbocycles. The minimum absolute atomic E-state index is 0.288. The Morgan fingerprint density at radius 1 is 1.07 bits per heavy atom. The number of hydrogen-bond acceptors (Lipinski definition) is 5. The molecule has 2 aromatic carbocycles. The summed E-state index contributed by atoms with van der Waals surface area (Å²) in [6.07, 6.45) is 4.46. The molecule has 4 nitrogen and oxygen atoms in total. The Kier molecular flexibility index (Phi) is 5.41. The highest BCUT2D eigenvalue weighted by molar-refractivity contribution is 7.99. The number of fused-ring (bicyclic) bond motifs is 2. The minimum Gasteiger partial charge on any atom is -0.388 e. The maximum Gasteiger partial charge on any atom is 0.175 e. The number of aliphatic hydroxyl groups is 1. The zero-order valence-electron chi connectivity index (χ0n) is 15.9. The van der Waals surface area contributed by atoms with Gasteiger partial charge in [0.25, 0.3) is 0 Å². The summed E-state index contributed by atoms with van der Waals surface area (Å²) in [6.45, 7) is 2.24. The van der Waals surface area contributed by atoms with Crippen LogP contribution >= 0.6 is 23.4 Å². The van der Waals surface area contributed by atoms with Gasteiger partial charge in [-0.25, -0.2) is 0 Å². The third-order valence-corrected chi connectivity index (χ3v) is 6.78. The molecule has 0 spiro atoms. The van der Waals surface area contributed by atoms with Crippen molar-refractivity contribution in [2.24, 2.45) is 0 Å². The molecule has 0 saturated carbocycles. The number of hydrogen-bond donors (Lipinski definition) is 1. The molecule has 3 aliphatic rings. The molecule has 1 fully saturated rings. The Balaban J connectivity index is 1.45. The Bertz CT molecular complexity index is 982. The van der Waals surface area contributed by atoms with Crippen molar-refractivity contribution in [3.05, 3.63) is 76.5 Å². The van der Waals surface area contributed by atoms with Gasteiger partial charge in [-0.2, -0.15) is 0 Å². The molecule has 1 saturated heterocycles. The topological polar surface area (TPSA) is 41.9 Å². The summed E-state index contributed by atoms with van der Waals surface area (Å²) in [5.74, 6) is 0. The fourth-order valence-corrected chi connectivity index (χ4v) is 5.21. The predicted molar refractivity (Wildman–Crippen MR) is 115 cm³/mol. The van der Waals surface area contributed by atoms with Crippen LogP contribution in [-0.4, -0.2) is 48.7 Å². The zero-order valence-corrected chi connectivity index (χ0v) is 17.5. The number of nitrogens with zero attached hydrogens (tertiary/aromatic N) is 1. The second-order valence-corrected chi connectivity index (χ2v) is 8.97. The van der Waals surface area contributed by atoms with E-state index < -0.39 is 6.10 Å². The van der Waals surface area contributed by atoms with Crippen molar-refractivity contribution in [1.29, 1.82) is 0 Å². The van der Waals surface area contributed by atoms with Crippen LogP contribution in [0.4, 0.5) is 0 Å². The maximum atomic E-state index is 9.50. The van der Waals surface area contributed by atoms with E-state index in [1.54, 1.807) is 11.8 Å². The van der Waals surface area contributed by atoms with Crippen LogP contribution in [0.5, 0.6) is 0 Å². The van der Waals surface area contributed by atoms with Gasteiger partial charge >= 0.3 is 0 Å². The molecular formula is C23H22ClNO3S. The van der Waals surface area contributed by atoms with E-state index >= 15 is 0 Å². The molecule has 6 heteroatoms. The Morgan fingerprint density at radius 3 is 2.66 bits per heavy atom. The van der Waals surface area contributed by atoms with E-state index in [0.29, 0.717) is 19.8 Å². The summed E-state index contributed by atoms with van der Waals surface area (Å²) in [6, 6.07) is 14.7. The van der Waals surface area contributed by atoms with Crippen LogP contribution in [0.2, 0.25) is 5.02 Å². The van der Waals surface area contributed by atoms with E-state index in [1.807, 2.05) is 6.07 Å². The van der Waals surface area contributed by atoms with Gasteiger partial charge in [0.2, 0.25) is 0 Å². The first-order valence-corrected chi connectivity index (χ1v) is 11.0. The lowest BCUT2D eigenvalue weighted by molar-refractivity contribution is -0.219. The van der Waals surface area contributed by atoms with Crippen LogP contribution < -0.4 is 0 Å². The lowest BCUT2D eigenvalue weighted by Gasteiger charge is -2.33. The van der Waals surface area contributed by atoms with Gasteiger partial charge < -0.3 is 19.5 Å². The maximum absolute atomic E-state index is 9.50. The number of allylic oxidation sites excluding steroid dienone is 1. The standard InChI is InChI=1S/C23H22ClNO3S/c24-16-5-6-21-19(11-16)23(18-3-1-2-4-20(18)29-21)15-7-9-25(10-8-15)12-22-27-13-17(26)14-28-22/h1-7,9,11,17,22,26H,8,10,12-14H2. The van der Waals surface area contributed by atoms with Gasteiger partial charge in [-0.3, -0.25) is 0 Å². The van der Waals surface area contributed by atoms with Crippen LogP contribution in [0.15, 0.2) is 70.1 Å². The van der Waals surface area contributed by atoms with E-state index in [-0.39, 0.29) is 6.29 Å². The van der Waals surface area contributed by atoms with Crippen LogP contribution in [0.1, 0.15) is 17.5 Å². The molecule has 0 unspecified atom stereocenters. The monoisotopic (exact) mass is 427 g/mol. The van der Waals surface area contributed by atoms with Crippen molar-refractivity contribution in [2.45, 2.75) is 28.6 Å². The van der Waals surface area contributed by atoms with Crippen molar-refractivity contribution in [3.8, 4) is 0 Å². The first-order valence-electron chi connectivity index (χ1n) is 9.81. The summed E-state index contributed by atoms with van der Waals surface area (Å²) >= 11 is 8.15. The molecule has 150 valence electrons. The molecule has 1 N–H and O–H groups in total. The van der Waals surface area contributed by atoms with Crippen LogP contribution in [0, 0.1) is 0 Å². The predicted octanol–water partition coefficient (Wildman–Crippen LogP) is 4.56. The normalized spacial score (nSPS) is 26.2. The van der Waals surface area contributed by atoms with Gasteiger partial charge in [0.1, 0.15) is 6.10 Å². The third-order valence-electron chi connectivity index (χ3n) is 5.40. The largest absolute Gasteiger partial charge is 0.388 e. The lowest BCUT2D eigenvalue weighted by atomic mass is 9.90. The van der Waals surface area contributed by atoms with E-state index in [1.165, 1.54) is 32.1 Å². The number of ether oxygens (including phenoxy) is 2. The average Bonchev–Trinajstić information content (AvgIpc) is 2.74. The first kappa shape index (κ1) is 19.2. The van der Waals surface area contributed by atoms with Crippen molar-refractivity contribution in [3.63, 3.8) is 0 Å². The van der Waals surface area contributed by atoms with Gasteiger partial charge in [0, 0.05) is 21.4 Å². The summed E-state index contributed by atoms with van der Waals surface area (Å²) in [7, 11) is 0. The highest BCUT2D eigenvalue weighted by Crippen LogP contribution is 2.48. The van der Waals surface area contributed by atoms with Crippen molar-refractivity contribution >= 4 is 28.9 Å². The van der Waals surface area contributed by atoms with Crippen LogP contribution in [-0.2, 0) is 9.47 Å².